The monoisotopic (exact) mass is 450 g/mol. The first-order chi connectivity index (χ1) is 14.5. The normalized spacial score (nSPS) is 21.7. The Morgan fingerprint density at radius 1 is 1.10 bits per heavy atom. The Morgan fingerprint density at radius 3 is 2.50 bits per heavy atom. The third-order valence-electron chi connectivity index (χ3n) is 5.33. The summed E-state index contributed by atoms with van der Waals surface area (Å²) in [5.41, 5.74) is 1.89. The highest BCUT2D eigenvalue weighted by Crippen LogP contribution is 2.33. The van der Waals surface area contributed by atoms with Crippen LogP contribution in [0.25, 0.3) is 0 Å². The molecule has 4 rings (SSSR count). The van der Waals surface area contributed by atoms with Gasteiger partial charge in [0.1, 0.15) is 18.5 Å². The molecule has 0 bridgehead atoms. The zero-order valence-electron chi connectivity index (χ0n) is 16.7. The number of piperazine rings is 1. The van der Waals surface area contributed by atoms with Crippen molar-refractivity contribution in [1.82, 2.24) is 4.90 Å². The van der Waals surface area contributed by atoms with Gasteiger partial charge >= 0.3 is 0 Å². The molecule has 0 saturated carbocycles. The molecular weight excluding hydrogens is 427 g/mol. The first kappa shape index (κ1) is 21.2. The number of halogens is 2. The second kappa shape index (κ2) is 9.43. The highest BCUT2D eigenvalue weighted by atomic mass is 35.5. The molecule has 2 aliphatic heterocycles. The molecule has 0 aromatic heterocycles. The van der Waals surface area contributed by atoms with E-state index in [-0.39, 0.29) is 12.0 Å². The molecule has 6 nitrogen and oxygen atoms in total. The predicted molar refractivity (Wildman–Crippen MR) is 116 cm³/mol. The standard InChI is InChI=1S/C22H24Cl2N2O4/c1-15(27)25-8-10-26(11-9-25)17-3-5-18(6-4-17)28-13-19-14-29-22(30-19)20-7-2-16(23)12-21(20)24/h2-7,12,19,22H,8-11,13-14H2,1H3/t19-,22-/m0/s1. The van der Waals surface area contributed by atoms with Gasteiger partial charge in [0.25, 0.3) is 0 Å². The molecular formula is C22H24Cl2N2O4. The number of anilines is 1. The molecule has 1 amide bonds. The molecule has 2 aliphatic rings. The number of hydrogen-bond donors (Lipinski definition) is 0. The van der Waals surface area contributed by atoms with Crippen molar-refractivity contribution in [2.75, 3.05) is 44.3 Å². The number of nitrogens with zero attached hydrogens (tertiary/aromatic N) is 2. The van der Waals surface area contributed by atoms with Gasteiger partial charge in [-0.05, 0) is 36.4 Å². The lowest BCUT2D eigenvalue weighted by Crippen LogP contribution is -2.48. The maximum atomic E-state index is 11.5. The van der Waals surface area contributed by atoms with Gasteiger partial charge in [-0.3, -0.25) is 4.79 Å². The van der Waals surface area contributed by atoms with Crippen molar-refractivity contribution in [3.8, 4) is 5.75 Å². The quantitative estimate of drug-likeness (QED) is 0.684. The van der Waals surface area contributed by atoms with Crippen LogP contribution < -0.4 is 9.64 Å². The zero-order chi connectivity index (χ0) is 21.1. The summed E-state index contributed by atoms with van der Waals surface area (Å²) in [6.45, 7) is 5.62. The summed E-state index contributed by atoms with van der Waals surface area (Å²) in [7, 11) is 0. The molecule has 2 heterocycles. The topological polar surface area (TPSA) is 51.2 Å². The number of ether oxygens (including phenoxy) is 3. The van der Waals surface area contributed by atoms with E-state index in [2.05, 4.69) is 4.90 Å². The lowest BCUT2D eigenvalue weighted by Gasteiger charge is -2.35. The number of benzene rings is 2. The molecule has 2 aromatic carbocycles. The summed E-state index contributed by atoms with van der Waals surface area (Å²) in [5.74, 6) is 0.912. The minimum Gasteiger partial charge on any atom is -0.491 e. The molecule has 2 atom stereocenters. The molecule has 160 valence electrons. The predicted octanol–water partition coefficient (Wildman–Crippen LogP) is 4.15. The first-order valence-corrected chi connectivity index (χ1v) is 10.7. The van der Waals surface area contributed by atoms with Crippen molar-refractivity contribution in [2.24, 2.45) is 0 Å². The van der Waals surface area contributed by atoms with Gasteiger partial charge in [-0.2, -0.15) is 0 Å². The zero-order valence-corrected chi connectivity index (χ0v) is 18.2. The van der Waals surface area contributed by atoms with Crippen LogP contribution in [0.2, 0.25) is 10.0 Å². The van der Waals surface area contributed by atoms with Gasteiger partial charge in [-0.25, -0.2) is 0 Å². The summed E-state index contributed by atoms with van der Waals surface area (Å²) < 4.78 is 17.5. The van der Waals surface area contributed by atoms with E-state index in [9.17, 15) is 4.79 Å². The summed E-state index contributed by atoms with van der Waals surface area (Å²) in [5, 5.41) is 1.10. The first-order valence-electron chi connectivity index (χ1n) is 9.95. The van der Waals surface area contributed by atoms with Crippen LogP contribution in [-0.4, -0.2) is 56.3 Å². The van der Waals surface area contributed by atoms with Crippen molar-refractivity contribution in [3.05, 3.63) is 58.1 Å². The van der Waals surface area contributed by atoms with Gasteiger partial charge in [0.2, 0.25) is 5.91 Å². The molecule has 0 N–H and O–H groups in total. The van der Waals surface area contributed by atoms with Crippen molar-refractivity contribution in [1.29, 1.82) is 0 Å². The molecule has 2 fully saturated rings. The number of rotatable bonds is 5. The number of carbonyl (C=O) groups excluding carboxylic acids is 1. The fourth-order valence-corrected chi connectivity index (χ4v) is 4.11. The third-order valence-corrected chi connectivity index (χ3v) is 5.89. The van der Waals surface area contributed by atoms with Gasteiger partial charge in [-0.15, -0.1) is 0 Å². The van der Waals surface area contributed by atoms with Crippen LogP contribution in [0.3, 0.4) is 0 Å². The largest absolute Gasteiger partial charge is 0.491 e. The number of carbonyl (C=O) groups is 1. The lowest BCUT2D eigenvalue weighted by atomic mass is 10.2. The van der Waals surface area contributed by atoms with Crippen LogP contribution in [0.15, 0.2) is 42.5 Å². The van der Waals surface area contributed by atoms with Gasteiger partial charge in [0, 0.05) is 49.4 Å². The second-order valence-corrected chi connectivity index (χ2v) is 8.23. The average molecular weight is 451 g/mol. The highest BCUT2D eigenvalue weighted by Gasteiger charge is 2.29. The van der Waals surface area contributed by atoms with Gasteiger partial charge in [0.15, 0.2) is 6.29 Å². The van der Waals surface area contributed by atoms with E-state index >= 15 is 0 Å². The summed E-state index contributed by atoms with van der Waals surface area (Å²) in [4.78, 5) is 15.6. The van der Waals surface area contributed by atoms with Crippen LogP contribution in [0.5, 0.6) is 5.75 Å². The Kier molecular flexibility index (Phi) is 6.68. The highest BCUT2D eigenvalue weighted by molar-refractivity contribution is 6.35. The minimum absolute atomic E-state index is 0.136. The van der Waals surface area contributed by atoms with Gasteiger partial charge in [-0.1, -0.05) is 29.3 Å². The molecule has 30 heavy (non-hydrogen) atoms. The van der Waals surface area contributed by atoms with E-state index in [4.69, 9.17) is 37.4 Å². The number of hydrogen-bond acceptors (Lipinski definition) is 5. The summed E-state index contributed by atoms with van der Waals surface area (Å²) >= 11 is 12.2. The van der Waals surface area contributed by atoms with Crippen molar-refractivity contribution in [2.45, 2.75) is 19.3 Å². The van der Waals surface area contributed by atoms with E-state index in [0.717, 1.165) is 43.2 Å². The smallest absolute Gasteiger partial charge is 0.219 e. The van der Waals surface area contributed by atoms with Crippen molar-refractivity contribution < 1.29 is 19.0 Å². The van der Waals surface area contributed by atoms with Gasteiger partial charge in [0.05, 0.1) is 11.6 Å². The van der Waals surface area contributed by atoms with Crippen molar-refractivity contribution in [3.63, 3.8) is 0 Å². The fourth-order valence-electron chi connectivity index (χ4n) is 3.61. The Hall–Kier alpha value is -1.99. The SMILES string of the molecule is CC(=O)N1CCN(c2ccc(OC[C@H]3CO[C@H](c4ccc(Cl)cc4Cl)O3)cc2)CC1. The molecule has 0 aliphatic carbocycles. The Labute approximate surface area is 186 Å². The van der Waals surface area contributed by atoms with Gasteiger partial charge < -0.3 is 24.0 Å². The molecule has 0 spiro atoms. The third kappa shape index (κ3) is 5.01. The fraction of sp³-hybridized carbons (Fsp3) is 0.409. The second-order valence-electron chi connectivity index (χ2n) is 7.39. The minimum atomic E-state index is -0.514. The van der Waals surface area contributed by atoms with E-state index in [1.807, 2.05) is 35.2 Å². The maximum Gasteiger partial charge on any atom is 0.219 e. The van der Waals surface area contributed by atoms with Crippen LogP contribution in [0.1, 0.15) is 18.8 Å². The van der Waals surface area contributed by atoms with Crippen LogP contribution >= 0.6 is 23.2 Å². The maximum absolute atomic E-state index is 11.5. The van der Waals surface area contributed by atoms with Crippen LogP contribution in [0.4, 0.5) is 5.69 Å². The summed E-state index contributed by atoms with van der Waals surface area (Å²) in [6, 6.07) is 13.2. The molecule has 2 aromatic rings. The van der Waals surface area contributed by atoms with Crippen LogP contribution in [0, 0.1) is 0 Å². The van der Waals surface area contributed by atoms with E-state index < -0.39 is 6.29 Å². The molecule has 8 heteroatoms. The summed E-state index contributed by atoms with van der Waals surface area (Å²) in [6.07, 6.45) is -0.694. The van der Waals surface area contributed by atoms with E-state index in [1.54, 1.807) is 19.1 Å². The average Bonchev–Trinajstić information content (AvgIpc) is 3.21. The Morgan fingerprint density at radius 2 is 1.83 bits per heavy atom. The van der Waals surface area contributed by atoms with E-state index in [1.165, 1.54) is 0 Å². The van der Waals surface area contributed by atoms with E-state index in [0.29, 0.717) is 23.3 Å². The Balaban J connectivity index is 1.26. The molecule has 2 saturated heterocycles. The molecule has 0 radical (unpaired) electrons. The van der Waals surface area contributed by atoms with Crippen molar-refractivity contribution >= 4 is 34.8 Å². The lowest BCUT2D eigenvalue weighted by molar-refractivity contribution is -0.129. The molecule has 0 unspecified atom stereocenters. The van der Waals surface area contributed by atoms with Crippen LogP contribution in [-0.2, 0) is 14.3 Å². The number of amides is 1. The Bertz CT molecular complexity index is 885.